The molecule has 0 spiro atoms. The van der Waals surface area contributed by atoms with Crippen LogP contribution < -0.4 is 15.1 Å². The van der Waals surface area contributed by atoms with Gasteiger partial charge in [0.05, 0.1) is 18.9 Å². The molecule has 8 nitrogen and oxygen atoms in total. The Kier molecular flexibility index (Phi) is 7.30. The predicted molar refractivity (Wildman–Crippen MR) is 129 cm³/mol. The molecular formula is C24H32FN7O. The van der Waals surface area contributed by atoms with Crippen molar-refractivity contribution in [2.45, 2.75) is 59.8 Å². The summed E-state index contributed by atoms with van der Waals surface area (Å²) in [7, 11) is 1.77. The molecule has 0 aliphatic carbocycles. The van der Waals surface area contributed by atoms with Gasteiger partial charge in [-0.1, -0.05) is 26.5 Å². The summed E-state index contributed by atoms with van der Waals surface area (Å²) >= 11 is 0. The maximum absolute atomic E-state index is 13.1. The van der Waals surface area contributed by atoms with E-state index in [2.05, 4.69) is 34.1 Å². The number of fused-ring (bicyclic) bond motifs is 1. The van der Waals surface area contributed by atoms with E-state index in [4.69, 9.17) is 4.98 Å². The van der Waals surface area contributed by atoms with Crippen LogP contribution in [0.3, 0.4) is 0 Å². The molecular weight excluding hydrogens is 421 g/mol. The maximum Gasteiger partial charge on any atom is 0.249 e. The number of aromatic nitrogens is 4. The Morgan fingerprint density at radius 3 is 2.55 bits per heavy atom. The molecule has 9 heteroatoms. The van der Waals surface area contributed by atoms with Gasteiger partial charge in [-0.3, -0.25) is 9.48 Å². The van der Waals surface area contributed by atoms with Gasteiger partial charge < -0.3 is 15.1 Å². The van der Waals surface area contributed by atoms with Gasteiger partial charge in [-0.25, -0.2) is 9.37 Å². The highest BCUT2D eigenvalue weighted by molar-refractivity contribution is 6.04. The molecule has 1 atom stereocenters. The molecule has 0 saturated heterocycles. The molecule has 0 fully saturated rings. The van der Waals surface area contributed by atoms with Crippen molar-refractivity contribution in [3.8, 4) is 0 Å². The van der Waals surface area contributed by atoms with Crippen LogP contribution in [0.1, 0.15) is 45.7 Å². The van der Waals surface area contributed by atoms with Crippen LogP contribution in [0.25, 0.3) is 0 Å². The third kappa shape index (κ3) is 4.97. The van der Waals surface area contributed by atoms with Crippen LogP contribution in [0, 0.1) is 5.82 Å². The van der Waals surface area contributed by atoms with Crippen LogP contribution in [0.5, 0.6) is 0 Å². The van der Waals surface area contributed by atoms with Crippen LogP contribution in [0.15, 0.2) is 42.9 Å². The molecule has 0 unspecified atom stereocenters. The summed E-state index contributed by atoms with van der Waals surface area (Å²) in [5, 5.41) is 7.64. The second kappa shape index (κ2) is 9.97. The molecule has 0 radical (unpaired) electrons. The van der Waals surface area contributed by atoms with E-state index in [1.807, 2.05) is 17.8 Å². The first kappa shape index (κ1) is 24.2. The van der Waals surface area contributed by atoms with Gasteiger partial charge in [-0.15, -0.1) is 0 Å². The van der Waals surface area contributed by atoms with Crippen LogP contribution in [0.4, 0.5) is 21.8 Å². The van der Waals surface area contributed by atoms with E-state index in [1.54, 1.807) is 36.5 Å². The third-order valence-corrected chi connectivity index (χ3v) is 5.65. The molecule has 1 amide bonds. The maximum atomic E-state index is 13.1. The normalized spacial score (nSPS) is 15.5. The molecule has 33 heavy (non-hydrogen) atoms. The highest BCUT2D eigenvalue weighted by Gasteiger charge is 2.38. The minimum absolute atomic E-state index is 0. The highest BCUT2D eigenvalue weighted by atomic mass is 19.1. The van der Waals surface area contributed by atoms with Gasteiger partial charge in [0, 0.05) is 31.4 Å². The van der Waals surface area contributed by atoms with Crippen molar-refractivity contribution in [3.05, 3.63) is 59.8 Å². The van der Waals surface area contributed by atoms with Gasteiger partial charge in [0.25, 0.3) is 0 Å². The van der Waals surface area contributed by atoms with Crippen LogP contribution in [0.2, 0.25) is 0 Å². The highest BCUT2D eigenvalue weighted by Crippen LogP contribution is 2.36. The van der Waals surface area contributed by atoms with E-state index < -0.39 is 0 Å². The van der Waals surface area contributed by atoms with Crippen molar-refractivity contribution in [1.82, 2.24) is 19.7 Å². The summed E-state index contributed by atoms with van der Waals surface area (Å²) in [5.41, 5.74) is 2.67. The van der Waals surface area contributed by atoms with Crippen LogP contribution in [-0.2, 0) is 17.9 Å². The summed E-state index contributed by atoms with van der Waals surface area (Å²) < 4.78 is 14.9. The summed E-state index contributed by atoms with van der Waals surface area (Å²) in [6, 6.07) is 6.29. The molecule has 0 bridgehead atoms. The number of nitrogens with one attached hydrogen (secondary N) is 1. The summed E-state index contributed by atoms with van der Waals surface area (Å²) in [6.45, 7) is 7.22. The molecule has 2 aromatic heterocycles. The molecule has 1 aliphatic heterocycles. The number of hydrogen-bond donors (Lipinski definition) is 1. The Hall–Kier alpha value is -3.49. The molecule has 3 aromatic rings. The van der Waals surface area contributed by atoms with E-state index in [-0.39, 0.29) is 31.2 Å². The van der Waals surface area contributed by atoms with Crippen molar-refractivity contribution in [1.29, 1.82) is 0 Å². The number of likely N-dealkylation sites (N-methyl/N-ethyl adjacent to an activating group) is 1. The zero-order valence-electron chi connectivity index (χ0n) is 18.8. The number of benzene rings is 1. The van der Waals surface area contributed by atoms with Crippen molar-refractivity contribution in [2.24, 2.45) is 0 Å². The largest absolute Gasteiger partial charge is 0.350 e. The lowest BCUT2D eigenvalue weighted by Gasteiger charge is -2.42. The average Bonchev–Trinajstić information content (AvgIpc) is 3.23. The summed E-state index contributed by atoms with van der Waals surface area (Å²) in [4.78, 5) is 25.6. The van der Waals surface area contributed by atoms with Crippen LogP contribution >= 0.6 is 0 Å². The van der Waals surface area contributed by atoms with Crippen molar-refractivity contribution >= 4 is 23.4 Å². The van der Waals surface area contributed by atoms with Gasteiger partial charge in [0.2, 0.25) is 11.9 Å². The van der Waals surface area contributed by atoms with Crippen molar-refractivity contribution < 1.29 is 9.18 Å². The number of rotatable bonds is 7. The van der Waals surface area contributed by atoms with E-state index in [9.17, 15) is 9.18 Å². The second-order valence-electron chi connectivity index (χ2n) is 8.25. The van der Waals surface area contributed by atoms with Gasteiger partial charge in [0.1, 0.15) is 17.5 Å². The number of halogens is 1. The lowest BCUT2D eigenvalue weighted by molar-refractivity contribution is -0.120. The Balaban J connectivity index is 0.00000306. The first-order valence-electron chi connectivity index (χ1n) is 10.8. The summed E-state index contributed by atoms with van der Waals surface area (Å²) in [5.74, 6) is 1.07. The van der Waals surface area contributed by atoms with Gasteiger partial charge in [0.15, 0.2) is 5.82 Å². The quantitative estimate of drug-likeness (QED) is 0.581. The zero-order chi connectivity index (χ0) is 22.8. The smallest absolute Gasteiger partial charge is 0.249 e. The molecule has 0 saturated carbocycles. The van der Waals surface area contributed by atoms with Gasteiger partial charge in [-0.05, 0) is 38.0 Å². The molecule has 176 valence electrons. The van der Waals surface area contributed by atoms with Gasteiger partial charge >= 0.3 is 0 Å². The Morgan fingerprint density at radius 2 is 1.88 bits per heavy atom. The zero-order valence-corrected chi connectivity index (χ0v) is 18.8. The Labute approximate surface area is 194 Å². The van der Waals surface area contributed by atoms with E-state index in [1.165, 1.54) is 12.1 Å². The monoisotopic (exact) mass is 453 g/mol. The lowest BCUT2D eigenvalue weighted by Crippen LogP contribution is -2.54. The fraction of sp³-hybridized carbons (Fsp3) is 0.417. The molecule has 1 N–H and O–H groups in total. The topological polar surface area (TPSA) is 79.2 Å². The van der Waals surface area contributed by atoms with E-state index >= 15 is 0 Å². The lowest BCUT2D eigenvalue weighted by atomic mass is 10.1. The molecule has 4 rings (SSSR count). The standard InChI is InChI=1S/C23H28FN7O.CH4/c1-5-19-22(32)29(4)20-12-26-23(28-21(20)31(19)15(2)3)25-10-17-11-27-30(14-17)13-16-6-8-18(24)9-7-16;/h6-9,11-12,14-15,19H,5,10,13H2,1-4H3,(H,25,26,28);1H4/t19-;/m1./s1. The Bertz CT molecular complexity index is 1100. The molecule has 3 heterocycles. The van der Waals surface area contributed by atoms with Crippen LogP contribution in [-0.4, -0.2) is 44.8 Å². The van der Waals surface area contributed by atoms with Gasteiger partial charge in [-0.2, -0.15) is 10.1 Å². The second-order valence-corrected chi connectivity index (χ2v) is 8.25. The number of nitrogens with zero attached hydrogens (tertiary/aromatic N) is 6. The van der Waals surface area contributed by atoms with E-state index in [0.29, 0.717) is 31.1 Å². The molecule has 1 aliphatic rings. The SMILES string of the molecule is C.CC[C@@H]1C(=O)N(C)c2cnc(NCc3cnn(Cc4ccc(F)cc4)c3)nc2N1C(C)C. The minimum atomic E-state index is -0.249. The minimum Gasteiger partial charge on any atom is -0.350 e. The Morgan fingerprint density at radius 1 is 1.15 bits per heavy atom. The predicted octanol–water partition coefficient (Wildman–Crippen LogP) is 4.08. The van der Waals surface area contributed by atoms with Crippen molar-refractivity contribution in [2.75, 3.05) is 22.2 Å². The van der Waals surface area contributed by atoms with E-state index in [0.717, 1.165) is 16.9 Å². The summed E-state index contributed by atoms with van der Waals surface area (Å²) in [6.07, 6.45) is 6.13. The number of carbonyl (C=O) groups is 1. The number of carbonyl (C=O) groups excluding carboxylic acids is 1. The number of anilines is 3. The fourth-order valence-electron chi connectivity index (χ4n) is 4.01. The number of hydrogen-bond acceptors (Lipinski definition) is 6. The average molecular weight is 454 g/mol. The molecule has 1 aromatic carbocycles. The third-order valence-electron chi connectivity index (χ3n) is 5.65. The van der Waals surface area contributed by atoms with Crippen molar-refractivity contribution in [3.63, 3.8) is 0 Å². The number of amides is 1. The first-order valence-corrected chi connectivity index (χ1v) is 10.8. The fourth-order valence-corrected chi connectivity index (χ4v) is 4.01. The first-order chi connectivity index (χ1) is 15.4.